The normalized spacial score (nSPS) is 10.2. The number of hydrogen-bond acceptors (Lipinski definition) is 3. The Balaban J connectivity index is 2.15. The van der Waals surface area contributed by atoms with Crippen molar-refractivity contribution in [1.29, 1.82) is 0 Å². The first-order valence-corrected chi connectivity index (χ1v) is 6.62. The number of carbonyl (C=O) groups excluding carboxylic acids is 1. The third-order valence-corrected chi connectivity index (χ3v) is 3.14. The minimum atomic E-state index is -0.421. The van der Waals surface area contributed by atoms with Gasteiger partial charge in [0.15, 0.2) is 0 Å². The van der Waals surface area contributed by atoms with E-state index in [0.717, 1.165) is 11.3 Å². The number of benzene rings is 2. The lowest BCUT2D eigenvalue weighted by atomic mass is 10.0. The Morgan fingerprint density at radius 3 is 2.38 bits per heavy atom. The Labute approximate surface area is 123 Å². The van der Waals surface area contributed by atoms with Crippen molar-refractivity contribution in [3.8, 4) is 5.75 Å². The van der Waals surface area contributed by atoms with Crippen molar-refractivity contribution in [1.82, 2.24) is 0 Å². The molecule has 0 aromatic heterocycles. The standard InChI is InChI=1S/C17H17FO3/c1-12(19)21-11-15-5-3-4-14(17(15)18)10-13-6-8-16(20-2)9-7-13/h3-9H,10-11H2,1-2H3. The van der Waals surface area contributed by atoms with Crippen LogP contribution in [0.5, 0.6) is 5.75 Å². The van der Waals surface area contributed by atoms with Gasteiger partial charge in [-0.05, 0) is 23.3 Å². The molecule has 0 spiro atoms. The van der Waals surface area contributed by atoms with Gasteiger partial charge < -0.3 is 9.47 Å². The number of methoxy groups -OCH3 is 1. The molecular weight excluding hydrogens is 271 g/mol. The van der Waals surface area contributed by atoms with E-state index in [1.54, 1.807) is 25.3 Å². The fourth-order valence-electron chi connectivity index (χ4n) is 2.02. The highest BCUT2D eigenvalue weighted by Crippen LogP contribution is 2.19. The van der Waals surface area contributed by atoms with Crippen LogP contribution < -0.4 is 4.74 Å². The number of halogens is 1. The van der Waals surface area contributed by atoms with Crippen LogP contribution in [0.4, 0.5) is 4.39 Å². The Morgan fingerprint density at radius 2 is 1.76 bits per heavy atom. The number of ether oxygens (including phenoxy) is 2. The maximum absolute atomic E-state index is 14.3. The van der Waals surface area contributed by atoms with Crippen LogP contribution in [0, 0.1) is 5.82 Å². The molecule has 0 atom stereocenters. The van der Waals surface area contributed by atoms with Crippen molar-refractivity contribution >= 4 is 5.97 Å². The van der Waals surface area contributed by atoms with Gasteiger partial charge in [0.2, 0.25) is 0 Å². The molecule has 2 aromatic rings. The van der Waals surface area contributed by atoms with Crippen LogP contribution in [0.3, 0.4) is 0 Å². The van der Waals surface area contributed by atoms with E-state index in [2.05, 4.69) is 0 Å². The summed E-state index contributed by atoms with van der Waals surface area (Å²) in [6, 6.07) is 12.6. The predicted octanol–water partition coefficient (Wildman–Crippen LogP) is 3.49. The van der Waals surface area contributed by atoms with E-state index < -0.39 is 5.97 Å². The summed E-state index contributed by atoms with van der Waals surface area (Å²) < 4.78 is 24.3. The zero-order valence-electron chi connectivity index (χ0n) is 12.1. The molecule has 0 heterocycles. The summed E-state index contributed by atoms with van der Waals surface area (Å²) >= 11 is 0. The molecule has 0 aliphatic carbocycles. The van der Waals surface area contributed by atoms with Crippen molar-refractivity contribution in [3.05, 3.63) is 65.0 Å². The highest BCUT2D eigenvalue weighted by atomic mass is 19.1. The molecule has 0 unspecified atom stereocenters. The maximum atomic E-state index is 14.3. The van der Waals surface area contributed by atoms with E-state index in [4.69, 9.17) is 9.47 Å². The van der Waals surface area contributed by atoms with Gasteiger partial charge in [-0.25, -0.2) is 4.39 Å². The van der Waals surface area contributed by atoms with E-state index in [1.807, 2.05) is 24.3 Å². The summed E-state index contributed by atoms with van der Waals surface area (Å²) in [7, 11) is 1.60. The van der Waals surface area contributed by atoms with Crippen molar-refractivity contribution in [2.75, 3.05) is 7.11 Å². The smallest absolute Gasteiger partial charge is 0.302 e. The van der Waals surface area contributed by atoms with Gasteiger partial charge >= 0.3 is 5.97 Å². The third kappa shape index (κ3) is 4.05. The lowest BCUT2D eigenvalue weighted by molar-refractivity contribution is -0.142. The molecule has 0 aliphatic heterocycles. The number of esters is 1. The predicted molar refractivity (Wildman–Crippen MR) is 77.7 cm³/mol. The second-order valence-electron chi connectivity index (χ2n) is 4.70. The summed E-state index contributed by atoms with van der Waals surface area (Å²) in [5.74, 6) is 0.0207. The highest BCUT2D eigenvalue weighted by Gasteiger charge is 2.10. The third-order valence-electron chi connectivity index (χ3n) is 3.14. The molecule has 0 fully saturated rings. The van der Waals surface area contributed by atoms with Crippen molar-refractivity contribution < 1.29 is 18.7 Å². The van der Waals surface area contributed by atoms with Crippen LogP contribution in [-0.4, -0.2) is 13.1 Å². The SMILES string of the molecule is COc1ccc(Cc2cccc(COC(C)=O)c2F)cc1. The topological polar surface area (TPSA) is 35.5 Å². The second-order valence-corrected chi connectivity index (χ2v) is 4.70. The van der Waals surface area contributed by atoms with Gasteiger partial charge in [-0.3, -0.25) is 4.79 Å². The molecule has 0 amide bonds. The van der Waals surface area contributed by atoms with E-state index in [9.17, 15) is 9.18 Å². The van der Waals surface area contributed by atoms with Crippen LogP contribution in [-0.2, 0) is 22.6 Å². The molecule has 0 saturated carbocycles. The molecular formula is C17H17FO3. The van der Waals surface area contributed by atoms with Gasteiger partial charge in [-0.2, -0.15) is 0 Å². The fourth-order valence-corrected chi connectivity index (χ4v) is 2.02. The fraction of sp³-hybridized carbons (Fsp3) is 0.235. The van der Waals surface area contributed by atoms with Gasteiger partial charge in [0, 0.05) is 18.9 Å². The van der Waals surface area contributed by atoms with Gasteiger partial charge in [-0.15, -0.1) is 0 Å². The summed E-state index contributed by atoms with van der Waals surface area (Å²) in [6.45, 7) is 1.26. The molecule has 21 heavy (non-hydrogen) atoms. The largest absolute Gasteiger partial charge is 0.497 e. The Bertz CT molecular complexity index is 620. The summed E-state index contributed by atoms with van der Waals surface area (Å²) in [5.41, 5.74) is 1.94. The highest BCUT2D eigenvalue weighted by molar-refractivity contribution is 5.65. The van der Waals surface area contributed by atoms with Crippen LogP contribution >= 0.6 is 0 Å². The Hall–Kier alpha value is -2.36. The van der Waals surface area contributed by atoms with Gasteiger partial charge in [-0.1, -0.05) is 30.3 Å². The van der Waals surface area contributed by atoms with Crippen molar-refractivity contribution in [2.45, 2.75) is 20.0 Å². The second kappa shape index (κ2) is 6.88. The van der Waals surface area contributed by atoms with Gasteiger partial charge in [0.05, 0.1) is 7.11 Å². The average molecular weight is 288 g/mol. The van der Waals surface area contributed by atoms with E-state index in [1.165, 1.54) is 6.92 Å². The zero-order valence-corrected chi connectivity index (χ0v) is 12.1. The quantitative estimate of drug-likeness (QED) is 0.790. The molecule has 0 aliphatic rings. The van der Waals surface area contributed by atoms with E-state index in [0.29, 0.717) is 17.5 Å². The molecule has 110 valence electrons. The van der Waals surface area contributed by atoms with Gasteiger partial charge in [0.25, 0.3) is 0 Å². The zero-order chi connectivity index (χ0) is 15.2. The Kier molecular flexibility index (Phi) is 4.93. The lowest BCUT2D eigenvalue weighted by Gasteiger charge is -2.09. The maximum Gasteiger partial charge on any atom is 0.302 e. The van der Waals surface area contributed by atoms with Crippen LogP contribution in [0.25, 0.3) is 0 Å². The Morgan fingerprint density at radius 1 is 1.10 bits per heavy atom. The molecule has 0 saturated heterocycles. The molecule has 0 N–H and O–H groups in total. The molecule has 2 aromatic carbocycles. The number of rotatable bonds is 5. The molecule has 0 bridgehead atoms. The molecule has 2 rings (SSSR count). The first-order chi connectivity index (χ1) is 10.1. The minimum Gasteiger partial charge on any atom is -0.497 e. The number of hydrogen-bond donors (Lipinski definition) is 0. The minimum absolute atomic E-state index is 0.0440. The first-order valence-electron chi connectivity index (χ1n) is 6.62. The van der Waals surface area contributed by atoms with E-state index in [-0.39, 0.29) is 12.4 Å². The lowest BCUT2D eigenvalue weighted by Crippen LogP contribution is -2.03. The molecule has 4 heteroatoms. The summed E-state index contributed by atoms with van der Waals surface area (Å²) in [5, 5.41) is 0. The molecule has 0 radical (unpaired) electrons. The monoisotopic (exact) mass is 288 g/mol. The van der Waals surface area contributed by atoms with Crippen LogP contribution in [0.1, 0.15) is 23.6 Å². The van der Waals surface area contributed by atoms with Crippen molar-refractivity contribution in [3.63, 3.8) is 0 Å². The average Bonchev–Trinajstić information content (AvgIpc) is 2.49. The van der Waals surface area contributed by atoms with Crippen LogP contribution in [0.15, 0.2) is 42.5 Å². The van der Waals surface area contributed by atoms with Gasteiger partial charge in [0.1, 0.15) is 18.2 Å². The summed E-state index contributed by atoms with van der Waals surface area (Å²) in [4.78, 5) is 10.8. The van der Waals surface area contributed by atoms with Crippen molar-refractivity contribution in [2.24, 2.45) is 0 Å². The molecule has 3 nitrogen and oxygen atoms in total. The summed E-state index contributed by atoms with van der Waals surface area (Å²) in [6.07, 6.45) is 0.476. The first kappa shape index (κ1) is 15.0. The van der Waals surface area contributed by atoms with E-state index >= 15 is 0 Å². The number of carbonyl (C=O) groups is 1. The van der Waals surface area contributed by atoms with Crippen LogP contribution in [0.2, 0.25) is 0 Å².